The predicted octanol–water partition coefficient (Wildman–Crippen LogP) is 3.76. The van der Waals surface area contributed by atoms with E-state index in [2.05, 4.69) is 5.32 Å². The lowest BCUT2D eigenvalue weighted by Gasteiger charge is -2.31. The van der Waals surface area contributed by atoms with Crippen molar-refractivity contribution >= 4 is 35.0 Å². The van der Waals surface area contributed by atoms with Crippen molar-refractivity contribution in [1.82, 2.24) is 10.2 Å². The molecule has 1 aromatic heterocycles. The maximum absolute atomic E-state index is 13.0. The van der Waals surface area contributed by atoms with Gasteiger partial charge in [0.2, 0.25) is 0 Å². The number of hydrogen-bond acceptors (Lipinski definition) is 4. The van der Waals surface area contributed by atoms with Gasteiger partial charge in [-0.25, -0.2) is 9.18 Å². The normalized spacial score (nSPS) is 22.4. The van der Waals surface area contributed by atoms with Crippen LogP contribution in [-0.2, 0) is 16.8 Å². The van der Waals surface area contributed by atoms with Gasteiger partial charge in [0.25, 0.3) is 5.91 Å². The first-order chi connectivity index (χ1) is 12.1. The van der Waals surface area contributed by atoms with Crippen molar-refractivity contribution in [2.24, 2.45) is 0 Å². The molecule has 0 radical (unpaired) electrons. The van der Waals surface area contributed by atoms with Crippen LogP contribution in [0.4, 0.5) is 9.18 Å². The van der Waals surface area contributed by atoms with E-state index in [1.54, 1.807) is 23.5 Å². The Morgan fingerprint density at radius 1 is 1.24 bits per heavy atom. The van der Waals surface area contributed by atoms with E-state index < -0.39 is 5.54 Å². The minimum atomic E-state index is -0.870. The van der Waals surface area contributed by atoms with Gasteiger partial charge in [-0.3, -0.25) is 9.69 Å². The first-order valence-corrected chi connectivity index (χ1v) is 10.1. The van der Waals surface area contributed by atoms with Crippen LogP contribution in [0.15, 0.2) is 40.6 Å². The zero-order chi connectivity index (χ0) is 17.4. The van der Waals surface area contributed by atoms with Crippen molar-refractivity contribution in [3.8, 4) is 0 Å². The van der Waals surface area contributed by atoms with E-state index in [4.69, 9.17) is 0 Å². The maximum atomic E-state index is 13.0. The molecule has 1 aliphatic carbocycles. The van der Waals surface area contributed by atoms with Gasteiger partial charge >= 0.3 is 6.03 Å². The summed E-state index contributed by atoms with van der Waals surface area (Å²) in [5, 5.41) is 4.94. The van der Waals surface area contributed by atoms with Gasteiger partial charge in [0.05, 0.1) is 0 Å². The molecule has 1 aliphatic heterocycles. The van der Waals surface area contributed by atoms with Crippen molar-refractivity contribution in [1.29, 1.82) is 0 Å². The predicted molar refractivity (Wildman–Crippen MR) is 96.3 cm³/mol. The smallest absolute Gasteiger partial charge is 0.319 e. The van der Waals surface area contributed by atoms with E-state index >= 15 is 0 Å². The Kier molecular flexibility index (Phi) is 4.29. The summed E-state index contributed by atoms with van der Waals surface area (Å²) >= 11 is 3.15. The number of thiophene rings is 1. The monoisotopic (exact) mass is 376 g/mol. The average Bonchev–Trinajstić information content (AvgIpc) is 3.17. The second-order valence-electron chi connectivity index (χ2n) is 6.21. The van der Waals surface area contributed by atoms with Gasteiger partial charge in [0, 0.05) is 27.6 Å². The number of thioether (sulfide) groups is 1. The van der Waals surface area contributed by atoms with Gasteiger partial charge in [-0.05, 0) is 55.0 Å². The summed E-state index contributed by atoms with van der Waals surface area (Å²) in [5.74, 6) is 0.165. The number of carbonyl (C=O) groups excluding carboxylic acids is 2. The number of nitrogens with zero attached hydrogens (tertiary/aromatic N) is 1. The minimum absolute atomic E-state index is 0.142. The fraction of sp³-hybridized carbons (Fsp3) is 0.333. The summed E-state index contributed by atoms with van der Waals surface area (Å²) < 4.78 is 12.9. The van der Waals surface area contributed by atoms with Gasteiger partial charge in [0.1, 0.15) is 11.4 Å². The first-order valence-electron chi connectivity index (χ1n) is 8.19. The van der Waals surface area contributed by atoms with E-state index in [9.17, 15) is 14.0 Å². The van der Waals surface area contributed by atoms with Crippen LogP contribution in [0.1, 0.15) is 23.3 Å². The van der Waals surface area contributed by atoms with E-state index in [0.717, 1.165) is 23.3 Å². The molecule has 4 nitrogen and oxygen atoms in total. The topological polar surface area (TPSA) is 49.4 Å². The van der Waals surface area contributed by atoms with Gasteiger partial charge in [0.15, 0.2) is 0 Å². The molecule has 0 bridgehead atoms. The Bertz CT molecular complexity index is 821. The summed E-state index contributed by atoms with van der Waals surface area (Å²) in [7, 11) is 0. The molecule has 1 atom stereocenters. The van der Waals surface area contributed by atoms with Gasteiger partial charge < -0.3 is 5.32 Å². The second-order valence-corrected chi connectivity index (χ2v) is 8.37. The van der Waals surface area contributed by atoms with Gasteiger partial charge in [-0.1, -0.05) is 0 Å². The number of fused-ring (bicyclic) bond motifs is 2. The molecule has 4 rings (SSSR count). The molecular formula is C18H17FN2O2S2. The molecule has 7 heteroatoms. The Hall–Kier alpha value is -1.86. The molecule has 1 N–H and O–H groups in total. The second kappa shape index (κ2) is 6.46. The van der Waals surface area contributed by atoms with Gasteiger partial charge in [-0.2, -0.15) is 0 Å². The van der Waals surface area contributed by atoms with Crippen LogP contribution >= 0.6 is 23.1 Å². The highest BCUT2D eigenvalue weighted by molar-refractivity contribution is 7.99. The van der Waals surface area contributed by atoms with Crippen LogP contribution in [0.2, 0.25) is 0 Å². The Morgan fingerprint density at radius 2 is 2.04 bits per heavy atom. The number of hydrogen-bond donors (Lipinski definition) is 1. The van der Waals surface area contributed by atoms with E-state index in [1.165, 1.54) is 33.7 Å². The summed E-state index contributed by atoms with van der Waals surface area (Å²) in [6, 6.07) is 7.87. The number of urea groups is 1. The number of nitrogens with one attached hydrogen (secondary N) is 1. The molecule has 3 amide bonds. The summed E-state index contributed by atoms with van der Waals surface area (Å²) in [5.41, 5.74) is 0.0985. The van der Waals surface area contributed by atoms with Crippen molar-refractivity contribution in [2.75, 3.05) is 12.3 Å². The highest BCUT2D eigenvalue weighted by atomic mass is 32.2. The molecular weight excluding hydrogens is 359 g/mol. The average molecular weight is 376 g/mol. The van der Waals surface area contributed by atoms with Crippen LogP contribution < -0.4 is 5.32 Å². The Morgan fingerprint density at radius 3 is 2.84 bits per heavy atom. The number of halogens is 1. The fourth-order valence-electron chi connectivity index (χ4n) is 3.53. The molecule has 1 fully saturated rings. The quantitative estimate of drug-likeness (QED) is 0.653. The Labute approximate surface area is 153 Å². The number of rotatable bonds is 4. The third kappa shape index (κ3) is 2.85. The number of carbonyl (C=O) groups is 2. The fourth-order valence-corrected chi connectivity index (χ4v) is 5.37. The van der Waals surface area contributed by atoms with Crippen LogP contribution in [0.5, 0.6) is 0 Å². The number of benzene rings is 1. The highest BCUT2D eigenvalue weighted by Gasteiger charge is 2.54. The SMILES string of the molecule is O=C1NC2(CCCc3sccc32)C(=O)N1CCSc1ccc(F)cc1. The lowest BCUT2D eigenvalue weighted by atomic mass is 9.80. The van der Waals surface area contributed by atoms with Crippen LogP contribution in [0, 0.1) is 5.82 Å². The third-order valence-corrected chi connectivity index (χ3v) is 6.71. The van der Waals surface area contributed by atoms with E-state index in [0.29, 0.717) is 18.7 Å². The number of aryl methyl sites for hydroxylation is 1. The third-order valence-electron chi connectivity index (χ3n) is 4.73. The number of amides is 3. The van der Waals surface area contributed by atoms with E-state index in [-0.39, 0.29) is 17.8 Å². The summed E-state index contributed by atoms with van der Waals surface area (Å²) in [6.07, 6.45) is 2.53. The van der Waals surface area contributed by atoms with E-state index in [1.807, 2.05) is 11.4 Å². The molecule has 0 saturated carbocycles. The molecule has 1 spiro atoms. The molecule has 2 aromatic rings. The van der Waals surface area contributed by atoms with Crippen molar-refractivity contribution < 1.29 is 14.0 Å². The molecule has 130 valence electrons. The Balaban J connectivity index is 1.46. The van der Waals surface area contributed by atoms with Crippen molar-refractivity contribution in [3.63, 3.8) is 0 Å². The molecule has 2 aliphatic rings. The van der Waals surface area contributed by atoms with Gasteiger partial charge in [-0.15, -0.1) is 23.1 Å². The lowest BCUT2D eigenvalue weighted by molar-refractivity contribution is -0.132. The summed E-state index contributed by atoms with van der Waals surface area (Å²) in [4.78, 5) is 28.9. The molecule has 25 heavy (non-hydrogen) atoms. The largest absolute Gasteiger partial charge is 0.325 e. The van der Waals surface area contributed by atoms with Crippen LogP contribution in [-0.4, -0.2) is 29.1 Å². The van der Waals surface area contributed by atoms with Crippen LogP contribution in [0.3, 0.4) is 0 Å². The standard InChI is InChI=1S/C18H17FN2O2S2/c19-12-3-5-13(6-4-12)24-11-9-21-16(22)18(20-17(21)23)8-1-2-15-14(18)7-10-25-15/h3-7,10H,1-2,8-9,11H2,(H,20,23). The zero-order valence-corrected chi connectivity index (χ0v) is 15.1. The molecule has 2 heterocycles. The maximum Gasteiger partial charge on any atom is 0.325 e. The first kappa shape index (κ1) is 16.6. The molecule has 1 unspecified atom stereocenters. The molecule has 1 saturated heterocycles. The van der Waals surface area contributed by atoms with Crippen molar-refractivity contribution in [3.05, 3.63) is 52.0 Å². The lowest BCUT2D eigenvalue weighted by Crippen LogP contribution is -2.46. The molecule has 1 aromatic carbocycles. The minimum Gasteiger partial charge on any atom is -0.319 e. The van der Waals surface area contributed by atoms with Crippen LogP contribution in [0.25, 0.3) is 0 Å². The number of imide groups is 1. The zero-order valence-electron chi connectivity index (χ0n) is 13.5. The summed E-state index contributed by atoms with van der Waals surface area (Å²) in [6.45, 7) is 0.341. The van der Waals surface area contributed by atoms with Crippen molar-refractivity contribution in [2.45, 2.75) is 29.7 Å². The highest BCUT2D eigenvalue weighted by Crippen LogP contribution is 2.42.